The molecule has 0 saturated heterocycles. The number of alkyl halides is 1. The fourth-order valence-corrected chi connectivity index (χ4v) is 0.507. The standard InChI is InChI=1S/C4H6ClN3.ClH/c1-3(5)4-2-6-8-7-4;/h2-3H,1H3,(H,6,7,8);1H. The first kappa shape index (κ1) is 8.72. The molecule has 0 radical (unpaired) electrons. The third kappa shape index (κ3) is 2.20. The molecule has 1 aromatic heterocycles. The van der Waals surface area contributed by atoms with Gasteiger partial charge in [0, 0.05) is 0 Å². The maximum atomic E-state index is 5.62. The zero-order chi connectivity index (χ0) is 5.98. The van der Waals surface area contributed by atoms with E-state index >= 15 is 0 Å². The summed E-state index contributed by atoms with van der Waals surface area (Å²) in [7, 11) is 0. The quantitative estimate of drug-likeness (QED) is 0.646. The maximum absolute atomic E-state index is 5.62. The summed E-state index contributed by atoms with van der Waals surface area (Å²) in [5.41, 5.74) is 0.784. The number of nitrogens with zero attached hydrogens (tertiary/aromatic N) is 2. The Hall–Kier alpha value is -0.280. The van der Waals surface area contributed by atoms with Crippen LogP contribution >= 0.6 is 24.0 Å². The van der Waals surface area contributed by atoms with Gasteiger partial charge >= 0.3 is 0 Å². The van der Waals surface area contributed by atoms with Gasteiger partial charge in [0.2, 0.25) is 0 Å². The lowest BCUT2D eigenvalue weighted by atomic mass is 10.4. The minimum atomic E-state index is -0.0475. The Morgan fingerprint density at radius 3 is 2.67 bits per heavy atom. The average Bonchev–Trinajstić information content (AvgIpc) is 2.12. The predicted molar refractivity (Wildman–Crippen MR) is 37.9 cm³/mol. The summed E-state index contributed by atoms with van der Waals surface area (Å²) in [6, 6.07) is 0. The van der Waals surface area contributed by atoms with Crippen LogP contribution in [0.1, 0.15) is 18.0 Å². The molecule has 0 saturated carbocycles. The van der Waals surface area contributed by atoms with Crippen molar-refractivity contribution in [1.29, 1.82) is 0 Å². The average molecular weight is 168 g/mol. The maximum Gasteiger partial charge on any atom is 0.1000 e. The van der Waals surface area contributed by atoms with Crippen molar-refractivity contribution >= 4 is 24.0 Å². The van der Waals surface area contributed by atoms with Gasteiger partial charge in [0.25, 0.3) is 0 Å². The van der Waals surface area contributed by atoms with Crippen molar-refractivity contribution < 1.29 is 0 Å². The number of halogens is 2. The molecular formula is C4H7Cl2N3. The van der Waals surface area contributed by atoms with Gasteiger partial charge in [-0.3, -0.25) is 0 Å². The first-order valence-electron chi connectivity index (χ1n) is 2.30. The van der Waals surface area contributed by atoms with Crippen molar-refractivity contribution in [2.75, 3.05) is 0 Å². The van der Waals surface area contributed by atoms with Crippen molar-refractivity contribution in [3.63, 3.8) is 0 Å². The van der Waals surface area contributed by atoms with Gasteiger partial charge < -0.3 is 0 Å². The molecule has 1 unspecified atom stereocenters. The number of aromatic amines is 1. The van der Waals surface area contributed by atoms with E-state index in [1.807, 2.05) is 6.92 Å². The molecule has 52 valence electrons. The van der Waals surface area contributed by atoms with E-state index in [4.69, 9.17) is 11.6 Å². The van der Waals surface area contributed by atoms with E-state index in [1.54, 1.807) is 6.20 Å². The SMILES string of the molecule is CC(Cl)c1cn[nH]n1.Cl. The lowest BCUT2D eigenvalue weighted by Crippen LogP contribution is -1.81. The van der Waals surface area contributed by atoms with Crippen molar-refractivity contribution in [1.82, 2.24) is 15.4 Å². The normalized spacial score (nSPS) is 12.2. The summed E-state index contributed by atoms with van der Waals surface area (Å²) in [5.74, 6) is 0. The molecule has 0 spiro atoms. The molecule has 0 fully saturated rings. The van der Waals surface area contributed by atoms with Crippen LogP contribution < -0.4 is 0 Å². The highest BCUT2D eigenvalue weighted by Crippen LogP contribution is 2.13. The number of H-pyrrole nitrogens is 1. The molecule has 1 atom stereocenters. The second kappa shape index (κ2) is 3.69. The minimum Gasteiger partial charge on any atom is -0.198 e. The molecule has 0 aliphatic heterocycles. The smallest absolute Gasteiger partial charge is 0.1000 e. The van der Waals surface area contributed by atoms with Crippen LogP contribution in [0.2, 0.25) is 0 Å². The molecule has 0 amide bonds. The molecule has 1 heterocycles. The van der Waals surface area contributed by atoms with Crippen LogP contribution in [0.5, 0.6) is 0 Å². The fourth-order valence-electron chi connectivity index (χ4n) is 0.402. The van der Waals surface area contributed by atoms with Crippen LogP contribution in [-0.4, -0.2) is 15.4 Å². The van der Waals surface area contributed by atoms with Crippen LogP contribution in [-0.2, 0) is 0 Å². The molecule has 0 aromatic carbocycles. The highest BCUT2D eigenvalue weighted by molar-refractivity contribution is 6.20. The van der Waals surface area contributed by atoms with Crippen molar-refractivity contribution in [3.05, 3.63) is 11.9 Å². The van der Waals surface area contributed by atoms with Crippen LogP contribution in [0.3, 0.4) is 0 Å². The largest absolute Gasteiger partial charge is 0.198 e. The molecule has 9 heavy (non-hydrogen) atoms. The van der Waals surface area contributed by atoms with E-state index in [-0.39, 0.29) is 17.8 Å². The number of aromatic nitrogens is 3. The van der Waals surface area contributed by atoms with E-state index in [0.717, 1.165) is 5.69 Å². The molecule has 5 heteroatoms. The molecule has 0 bridgehead atoms. The summed E-state index contributed by atoms with van der Waals surface area (Å²) in [6.45, 7) is 1.85. The highest BCUT2D eigenvalue weighted by Gasteiger charge is 2.00. The van der Waals surface area contributed by atoms with E-state index in [1.165, 1.54) is 0 Å². The lowest BCUT2D eigenvalue weighted by Gasteiger charge is -1.89. The zero-order valence-electron chi connectivity index (χ0n) is 4.84. The second-order valence-corrected chi connectivity index (χ2v) is 2.17. The molecule has 1 aromatic rings. The van der Waals surface area contributed by atoms with Gasteiger partial charge in [-0.25, -0.2) is 0 Å². The Bertz CT molecular complexity index is 149. The molecule has 3 nitrogen and oxygen atoms in total. The van der Waals surface area contributed by atoms with Crippen LogP contribution in [0.25, 0.3) is 0 Å². The summed E-state index contributed by atoms with van der Waals surface area (Å²) in [4.78, 5) is 0. The Balaban J connectivity index is 0.000000640. The van der Waals surface area contributed by atoms with Gasteiger partial charge in [0.05, 0.1) is 17.3 Å². The summed E-state index contributed by atoms with van der Waals surface area (Å²) in [5, 5.41) is 9.75. The molecule has 0 aliphatic rings. The molecule has 0 aliphatic carbocycles. The monoisotopic (exact) mass is 167 g/mol. The molecule has 1 rings (SSSR count). The summed E-state index contributed by atoms with van der Waals surface area (Å²) < 4.78 is 0. The Kier molecular flexibility index (Phi) is 3.58. The van der Waals surface area contributed by atoms with Gasteiger partial charge in [-0.05, 0) is 6.92 Å². The Labute approximate surface area is 64.2 Å². The zero-order valence-corrected chi connectivity index (χ0v) is 6.41. The number of hydrogen-bond acceptors (Lipinski definition) is 2. The minimum absolute atomic E-state index is 0. The number of nitrogens with one attached hydrogen (secondary N) is 1. The van der Waals surface area contributed by atoms with Gasteiger partial charge in [0.1, 0.15) is 0 Å². The van der Waals surface area contributed by atoms with Gasteiger partial charge in [-0.2, -0.15) is 15.4 Å². The lowest BCUT2D eigenvalue weighted by molar-refractivity contribution is 0.898. The Morgan fingerprint density at radius 2 is 2.44 bits per heavy atom. The third-order valence-corrected chi connectivity index (χ3v) is 1.06. The van der Waals surface area contributed by atoms with E-state index in [2.05, 4.69) is 15.4 Å². The highest BCUT2D eigenvalue weighted by atomic mass is 35.5. The van der Waals surface area contributed by atoms with Crippen LogP contribution in [0.15, 0.2) is 6.20 Å². The second-order valence-electron chi connectivity index (χ2n) is 1.51. The summed E-state index contributed by atoms with van der Waals surface area (Å²) in [6.07, 6.45) is 1.61. The first-order chi connectivity index (χ1) is 3.80. The summed E-state index contributed by atoms with van der Waals surface area (Å²) >= 11 is 5.62. The predicted octanol–water partition coefficient (Wildman–Crippen LogP) is 1.53. The van der Waals surface area contributed by atoms with Gasteiger partial charge in [0.15, 0.2) is 0 Å². The number of rotatable bonds is 1. The van der Waals surface area contributed by atoms with E-state index in [9.17, 15) is 0 Å². The Morgan fingerprint density at radius 1 is 1.78 bits per heavy atom. The first-order valence-corrected chi connectivity index (χ1v) is 2.74. The molecular weight excluding hydrogens is 161 g/mol. The van der Waals surface area contributed by atoms with Gasteiger partial charge in [-0.1, -0.05) is 0 Å². The number of hydrogen-bond donors (Lipinski definition) is 1. The van der Waals surface area contributed by atoms with Crippen molar-refractivity contribution in [3.8, 4) is 0 Å². The van der Waals surface area contributed by atoms with Crippen LogP contribution in [0.4, 0.5) is 0 Å². The van der Waals surface area contributed by atoms with Crippen molar-refractivity contribution in [2.24, 2.45) is 0 Å². The van der Waals surface area contributed by atoms with E-state index in [0.29, 0.717) is 0 Å². The fraction of sp³-hybridized carbons (Fsp3) is 0.500. The van der Waals surface area contributed by atoms with E-state index < -0.39 is 0 Å². The van der Waals surface area contributed by atoms with Crippen LogP contribution in [0, 0.1) is 0 Å². The topological polar surface area (TPSA) is 41.6 Å². The third-order valence-electron chi connectivity index (χ3n) is 0.841. The van der Waals surface area contributed by atoms with Crippen molar-refractivity contribution in [2.45, 2.75) is 12.3 Å². The van der Waals surface area contributed by atoms with Gasteiger partial charge in [-0.15, -0.1) is 24.0 Å². The molecule has 1 N–H and O–H groups in total.